The van der Waals surface area contributed by atoms with Gasteiger partial charge in [0, 0.05) is 0 Å². The Morgan fingerprint density at radius 2 is 1.25 bits per heavy atom. The van der Waals surface area contributed by atoms with Gasteiger partial charge in [0.25, 0.3) is 11.8 Å². The van der Waals surface area contributed by atoms with Gasteiger partial charge in [-0.2, -0.15) is 0 Å². The van der Waals surface area contributed by atoms with Gasteiger partial charge in [-0.1, -0.05) is 30.3 Å². The van der Waals surface area contributed by atoms with Crippen molar-refractivity contribution in [1.82, 2.24) is 0 Å². The van der Waals surface area contributed by atoms with Gasteiger partial charge in [0.15, 0.2) is 11.6 Å². The Morgan fingerprint density at radius 3 is 1.72 bits per heavy atom. The molecule has 8 heteroatoms. The third kappa shape index (κ3) is 5.28. The minimum absolute atomic E-state index is 0.129. The summed E-state index contributed by atoms with van der Waals surface area (Å²) in [4.78, 5) is 26.1. The normalized spacial score (nSPS) is 10.1. The molecule has 0 aromatic heterocycles. The van der Waals surface area contributed by atoms with E-state index in [-0.39, 0.29) is 11.1 Å². The van der Waals surface area contributed by atoms with Crippen molar-refractivity contribution in [3.63, 3.8) is 0 Å². The number of rotatable bonds is 7. The Bertz CT molecular complexity index is 1110. The lowest BCUT2D eigenvalue weighted by Crippen LogP contribution is -2.25. The topological polar surface area (TPSA) is 76.7 Å². The van der Waals surface area contributed by atoms with Crippen LogP contribution in [0.4, 0.5) is 20.2 Å². The van der Waals surface area contributed by atoms with Gasteiger partial charge in [-0.15, -0.1) is 0 Å². The van der Waals surface area contributed by atoms with Gasteiger partial charge in [-0.25, -0.2) is 8.78 Å². The lowest BCUT2D eigenvalue weighted by atomic mass is 10.1. The van der Waals surface area contributed by atoms with Crippen LogP contribution < -0.4 is 20.1 Å². The molecule has 3 rings (SSSR count). The second-order valence-corrected chi connectivity index (χ2v) is 6.54. The molecule has 0 spiro atoms. The van der Waals surface area contributed by atoms with E-state index in [0.717, 1.165) is 18.2 Å². The van der Waals surface area contributed by atoms with Crippen molar-refractivity contribution in [2.45, 2.75) is 0 Å². The van der Waals surface area contributed by atoms with Gasteiger partial charge in [0.05, 0.1) is 25.6 Å². The van der Waals surface area contributed by atoms with E-state index in [9.17, 15) is 18.4 Å². The van der Waals surface area contributed by atoms with Crippen LogP contribution >= 0.6 is 0 Å². The van der Waals surface area contributed by atoms with Gasteiger partial charge < -0.3 is 20.1 Å². The quantitative estimate of drug-likeness (QED) is 0.320. The van der Waals surface area contributed by atoms with Crippen LogP contribution in [-0.2, 0) is 9.59 Å². The van der Waals surface area contributed by atoms with Crippen LogP contribution in [0.1, 0.15) is 5.56 Å². The van der Waals surface area contributed by atoms with Crippen molar-refractivity contribution in [3.8, 4) is 11.5 Å². The standard InChI is InChI=1S/C24H20F2N2O4/c1-31-21-9-5-3-7-19(21)27-23(29)16(13-15-11-12-17(25)18(26)14-15)24(30)28-20-8-4-6-10-22(20)32-2/h3-14H,1-2H3,(H,27,29)(H,28,30). The van der Waals surface area contributed by atoms with Gasteiger partial charge in [0.1, 0.15) is 17.1 Å². The molecule has 6 nitrogen and oxygen atoms in total. The molecular weight excluding hydrogens is 418 g/mol. The second-order valence-electron chi connectivity index (χ2n) is 6.54. The van der Waals surface area contributed by atoms with Crippen LogP contribution in [-0.4, -0.2) is 26.0 Å². The average Bonchev–Trinajstić information content (AvgIpc) is 2.80. The van der Waals surface area contributed by atoms with Crippen LogP contribution in [0.5, 0.6) is 11.5 Å². The zero-order chi connectivity index (χ0) is 23.1. The number of ether oxygens (including phenoxy) is 2. The Labute approximate surface area is 183 Å². The summed E-state index contributed by atoms with van der Waals surface area (Å²) >= 11 is 0. The smallest absolute Gasteiger partial charge is 0.261 e. The highest BCUT2D eigenvalue weighted by molar-refractivity contribution is 6.29. The van der Waals surface area contributed by atoms with Crippen molar-refractivity contribution < 1.29 is 27.8 Å². The average molecular weight is 438 g/mol. The van der Waals surface area contributed by atoms with E-state index in [1.54, 1.807) is 48.5 Å². The number of hydrogen-bond acceptors (Lipinski definition) is 4. The molecule has 0 aliphatic heterocycles. The van der Waals surface area contributed by atoms with Gasteiger partial charge in [-0.05, 0) is 48.0 Å². The number of para-hydroxylation sites is 4. The number of hydrogen-bond donors (Lipinski definition) is 2. The fraction of sp³-hybridized carbons (Fsp3) is 0.0833. The van der Waals surface area contributed by atoms with E-state index in [0.29, 0.717) is 22.9 Å². The van der Waals surface area contributed by atoms with E-state index >= 15 is 0 Å². The predicted molar refractivity (Wildman–Crippen MR) is 118 cm³/mol. The molecule has 2 N–H and O–H groups in total. The Balaban J connectivity index is 1.98. The maximum absolute atomic E-state index is 13.7. The molecule has 32 heavy (non-hydrogen) atoms. The predicted octanol–water partition coefficient (Wildman–Crippen LogP) is 4.64. The fourth-order valence-electron chi connectivity index (χ4n) is 2.88. The third-order valence-electron chi connectivity index (χ3n) is 4.45. The van der Waals surface area contributed by atoms with Gasteiger partial charge >= 0.3 is 0 Å². The molecule has 2 amide bonds. The Hall–Kier alpha value is -4.20. The summed E-state index contributed by atoms with van der Waals surface area (Å²) in [7, 11) is 2.88. The fourth-order valence-corrected chi connectivity index (χ4v) is 2.88. The molecule has 0 radical (unpaired) electrons. The van der Waals surface area contributed by atoms with Crippen molar-refractivity contribution in [2.24, 2.45) is 0 Å². The first-order valence-electron chi connectivity index (χ1n) is 9.48. The SMILES string of the molecule is COc1ccccc1NC(=O)C(=Cc1ccc(F)c(F)c1)C(=O)Nc1ccccc1OC. The number of nitrogens with one attached hydrogen (secondary N) is 2. The molecule has 0 aliphatic rings. The summed E-state index contributed by atoms with van der Waals surface area (Å²) in [5, 5.41) is 5.22. The number of methoxy groups -OCH3 is 2. The summed E-state index contributed by atoms with van der Waals surface area (Å²) in [6.07, 6.45) is 1.16. The van der Waals surface area contributed by atoms with E-state index in [1.165, 1.54) is 20.3 Å². The molecule has 164 valence electrons. The molecule has 0 saturated heterocycles. The minimum Gasteiger partial charge on any atom is -0.495 e. The highest BCUT2D eigenvalue weighted by atomic mass is 19.2. The molecule has 3 aromatic carbocycles. The van der Waals surface area contributed by atoms with E-state index in [1.807, 2.05) is 0 Å². The summed E-state index contributed by atoms with van der Waals surface area (Å²) in [6, 6.07) is 16.4. The molecule has 0 fully saturated rings. The highest BCUT2D eigenvalue weighted by Gasteiger charge is 2.21. The zero-order valence-electron chi connectivity index (χ0n) is 17.3. The second kappa shape index (κ2) is 10.2. The van der Waals surface area contributed by atoms with Crippen LogP contribution in [0.3, 0.4) is 0 Å². The Kier molecular flexibility index (Phi) is 7.17. The molecule has 0 unspecified atom stereocenters. The number of carbonyl (C=O) groups excluding carboxylic acids is 2. The molecule has 0 bridgehead atoms. The number of carbonyl (C=O) groups is 2. The maximum Gasteiger partial charge on any atom is 0.261 e. The van der Waals surface area contributed by atoms with E-state index in [4.69, 9.17) is 9.47 Å². The first-order chi connectivity index (χ1) is 15.4. The summed E-state index contributed by atoms with van der Waals surface area (Å²) in [5.41, 5.74) is 0.458. The number of anilines is 2. The molecule has 0 heterocycles. The molecular formula is C24H20F2N2O4. The first-order valence-corrected chi connectivity index (χ1v) is 9.48. The molecule has 0 atom stereocenters. The third-order valence-corrected chi connectivity index (χ3v) is 4.45. The van der Waals surface area contributed by atoms with Gasteiger partial charge in [-0.3, -0.25) is 9.59 Å². The Morgan fingerprint density at radius 1 is 0.750 bits per heavy atom. The van der Waals surface area contributed by atoms with Gasteiger partial charge in [0.2, 0.25) is 0 Å². The number of benzene rings is 3. The monoisotopic (exact) mass is 438 g/mol. The maximum atomic E-state index is 13.7. The van der Waals surface area contributed by atoms with Crippen molar-refractivity contribution >= 4 is 29.3 Å². The van der Waals surface area contributed by atoms with Crippen LogP contribution in [0.2, 0.25) is 0 Å². The largest absolute Gasteiger partial charge is 0.495 e. The first kappa shape index (κ1) is 22.5. The lowest BCUT2D eigenvalue weighted by Gasteiger charge is -2.14. The summed E-state index contributed by atoms with van der Waals surface area (Å²) in [5.74, 6) is -2.91. The van der Waals surface area contributed by atoms with Crippen LogP contribution in [0.15, 0.2) is 72.3 Å². The molecule has 0 aliphatic carbocycles. The lowest BCUT2D eigenvalue weighted by molar-refractivity contribution is -0.118. The van der Waals surface area contributed by atoms with Crippen LogP contribution in [0.25, 0.3) is 6.08 Å². The number of amides is 2. The zero-order valence-corrected chi connectivity index (χ0v) is 17.3. The highest BCUT2D eigenvalue weighted by Crippen LogP contribution is 2.26. The minimum atomic E-state index is -1.10. The van der Waals surface area contributed by atoms with Crippen molar-refractivity contribution in [1.29, 1.82) is 0 Å². The summed E-state index contributed by atoms with van der Waals surface area (Å²) < 4.78 is 37.4. The van der Waals surface area contributed by atoms with Crippen LogP contribution in [0, 0.1) is 11.6 Å². The molecule has 0 saturated carbocycles. The van der Waals surface area contributed by atoms with E-state index < -0.39 is 23.4 Å². The summed E-state index contributed by atoms with van der Waals surface area (Å²) in [6.45, 7) is 0. The number of halogens is 2. The van der Waals surface area contributed by atoms with E-state index in [2.05, 4.69) is 10.6 Å². The van der Waals surface area contributed by atoms with Crippen molar-refractivity contribution in [3.05, 3.63) is 89.5 Å². The molecule has 3 aromatic rings. The van der Waals surface area contributed by atoms with Crippen molar-refractivity contribution in [2.75, 3.05) is 24.9 Å².